The number of furan rings is 1. The smallest absolute Gasteiger partial charge is 0.286 e. The second-order valence-electron chi connectivity index (χ2n) is 6.29. The van der Waals surface area contributed by atoms with Crippen molar-refractivity contribution in [3.8, 4) is 0 Å². The van der Waals surface area contributed by atoms with E-state index in [1.165, 1.54) is 12.8 Å². The fourth-order valence-electron chi connectivity index (χ4n) is 3.04. The predicted molar refractivity (Wildman–Crippen MR) is 89.7 cm³/mol. The molecule has 0 bridgehead atoms. The van der Waals surface area contributed by atoms with E-state index in [9.17, 15) is 4.79 Å². The molecule has 1 amide bonds. The third-order valence-corrected chi connectivity index (χ3v) is 4.26. The van der Waals surface area contributed by atoms with Gasteiger partial charge in [0, 0.05) is 13.1 Å². The molecule has 3 heterocycles. The van der Waals surface area contributed by atoms with E-state index in [2.05, 4.69) is 20.3 Å². The summed E-state index contributed by atoms with van der Waals surface area (Å²) in [6, 6.07) is 3.65. The Morgan fingerprint density at radius 3 is 2.79 bits per heavy atom. The maximum absolute atomic E-state index is 12.1. The van der Waals surface area contributed by atoms with Gasteiger partial charge in [-0.1, -0.05) is 0 Å². The number of rotatable bonds is 7. The van der Waals surface area contributed by atoms with Gasteiger partial charge in [0.25, 0.3) is 5.91 Å². The minimum atomic E-state index is -0.158. The summed E-state index contributed by atoms with van der Waals surface area (Å²) in [6.07, 6.45) is 3.30. The number of hydrogen-bond donors (Lipinski definition) is 1. The number of nitrogens with one attached hydrogen (secondary N) is 1. The minimum absolute atomic E-state index is 0.158. The van der Waals surface area contributed by atoms with Crippen LogP contribution >= 0.6 is 0 Å². The van der Waals surface area contributed by atoms with E-state index >= 15 is 0 Å². The zero-order valence-electron chi connectivity index (χ0n) is 14.4. The molecule has 1 aliphatic rings. The number of carbonyl (C=O) groups is 1. The van der Waals surface area contributed by atoms with Gasteiger partial charge in [0.15, 0.2) is 5.76 Å². The molecule has 2 aromatic heterocycles. The molecule has 0 atom stereocenters. The Kier molecular flexibility index (Phi) is 5.30. The molecule has 2 aromatic rings. The van der Waals surface area contributed by atoms with E-state index in [0.717, 1.165) is 50.0 Å². The highest BCUT2D eigenvalue weighted by molar-refractivity contribution is 5.91. The van der Waals surface area contributed by atoms with Crippen LogP contribution in [0.1, 0.15) is 47.2 Å². The van der Waals surface area contributed by atoms with Crippen LogP contribution in [0, 0.1) is 13.8 Å². The van der Waals surface area contributed by atoms with E-state index in [-0.39, 0.29) is 5.91 Å². The van der Waals surface area contributed by atoms with Gasteiger partial charge in [0.05, 0.1) is 6.54 Å². The number of aromatic nitrogens is 3. The first kappa shape index (κ1) is 16.7. The zero-order chi connectivity index (χ0) is 16.9. The van der Waals surface area contributed by atoms with Crippen molar-refractivity contribution in [3.05, 3.63) is 35.3 Å². The highest BCUT2D eigenvalue weighted by Gasteiger charge is 2.16. The topological polar surface area (TPSA) is 76.2 Å². The molecule has 7 nitrogen and oxygen atoms in total. The van der Waals surface area contributed by atoms with Crippen LogP contribution in [-0.4, -0.2) is 45.2 Å². The largest absolute Gasteiger partial charge is 0.455 e. The van der Waals surface area contributed by atoms with Crippen LogP contribution in [0.4, 0.5) is 0 Å². The predicted octanol–water partition coefficient (Wildman–Crippen LogP) is 1.90. The Morgan fingerprint density at radius 2 is 2.08 bits per heavy atom. The number of amides is 1. The Morgan fingerprint density at radius 1 is 1.29 bits per heavy atom. The summed E-state index contributed by atoms with van der Waals surface area (Å²) in [5, 5.41) is 7.20. The summed E-state index contributed by atoms with van der Waals surface area (Å²) in [6.45, 7) is 8.15. The van der Waals surface area contributed by atoms with Crippen LogP contribution in [-0.2, 0) is 13.1 Å². The fourth-order valence-corrected chi connectivity index (χ4v) is 3.04. The van der Waals surface area contributed by atoms with Crippen molar-refractivity contribution in [1.82, 2.24) is 25.0 Å². The van der Waals surface area contributed by atoms with Crippen LogP contribution in [0.15, 0.2) is 16.5 Å². The molecule has 7 heteroatoms. The third-order valence-electron chi connectivity index (χ3n) is 4.26. The van der Waals surface area contributed by atoms with Crippen molar-refractivity contribution in [3.63, 3.8) is 0 Å². The molecule has 1 aliphatic heterocycles. The maximum atomic E-state index is 12.1. The van der Waals surface area contributed by atoms with Crippen molar-refractivity contribution in [2.45, 2.75) is 46.2 Å². The van der Waals surface area contributed by atoms with E-state index in [1.54, 1.807) is 6.07 Å². The SMILES string of the molecule is Cc1nc(C)n(CCCNC(=O)c2ccc(CN3CCCC3)o2)n1. The number of carbonyl (C=O) groups excluding carboxylic acids is 1. The van der Waals surface area contributed by atoms with Gasteiger partial charge < -0.3 is 9.73 Å². The minimum Gasteiger partial charge on any atom is -0.455 e. The Labute approximate surface area is 142 Å². The lowest BCUT2D eigenvalue weighted by molar-refractivity contribution is 0.0921. The first-order chi connectivity index (χ1) is 11.6. The van der Waals surface area contributed by atoms with Gasteiger partial charge in [-0.15, -0.1) is 0 Å². The standard InChI is InChI=1S/C17H25N5O2/c1-13-19-14(2)22(20-13)11-5-8-18-17(23)16-7-6-15(24-16)12-21-9-3-4-10-21/h6-7H,3-5,8-12H2,1-2H3,(H,18,23). The molecule has 130 valence electrons. The quantitative estimate of drug-likeness (QED) is 0.784. The van der Waals surface area contributed by atoms with Crippen molar-refractivity contribution in [1.29, 1.82) is 0 Å². The van der Waals surface area contributed by atoms with Crippen LogP contribution < -0.4 is 5.32 Å². The molecule has 0 spiro atoms. The Balaban J connectivity index is 1.41. The molecule has 1 fully saturated rings. The van der Waals surface area contributed by atoms with Crippen molar-refractivity contribution >= 4 is 5.91 Å². The number of hydrogen-bond acceptors (Lipinski definition) is 5. The fraction of sp³-hybridized carbons (Fsp3) is 0.588. The first-order valence-corrected chi connectivity index (χ1v) is 8.59. The van der Waals surface area contributed by atoms with Crippen LogP contribution in [0.3, 0.4) is 0 Å². The first-order valence-electron chi connectivity index (χ1n) is 8.59. The van der Waals surface area contributed by atoms with Gasteiger partial charge in [-0.3, -0.25) is 14.4 Å². The molecular weight excluding hydrogens is 306 g/mol. The average molecular weight is 331 g/mol. The summed E-state index contributed by atoms with van der Waals surface area (Å²) in [5.74, 6) is 2.76. The monoisotopic (exact) mass is 331 g/mol. The molecule has 24 heavy (non-hydrogen) atoms. The van der Waals surface area contributed by atoms with E-state index in [1.807, 2.05) is 24.6 Å². The molecule has 0 radical (unpaired) electrons. The maximum Gasteiger partial charge on any atom is 0.286 e. The number of nitrogens with zero attached hydrogens (tertiary/aromatic N) is 4. The number of aryl methyl sites for hydroxylation is 3. The van der Waals surface area contributed by atoms with Crippen molar-refractivity contribution in [2.75, 3.05) is 19.6 Å². The van der Waals surface area contributed by atoms with Gasteiger partial charge in [-0.25, -0.2) is 4.98 Å². The van der Waals surface area contributed by atoms with Crippen LogP contribution in [0.25, 0.3) is 0 Å². The highest BCUT2D eigenvalue weighted by Crippen LogP contribution is 2.15. The zero-order valence-corrected chi connectivity index (χ0v) is 14.4. The van der Waals surface area contributed by atoms with E-state index < -0.39 is 0 Å². The molecule has 0 aliphatic carbocycles. The van der Waals surface area contributed by atoms with E-state index in [0.29, 0.717) is 12.3 Å². The van der Waals surface area contributed by atoms with Crippen molar-refractivity contribution < 1.29 is 9.21 Å². The van der Waals surface area contributed by atoms with Gasteiger partial charge in [0.2, 0.25) is 0 Å². The average Bonchev–Trinajstić information content (AvgIpc) is 3.27. The van der Waals surface area contributed by atoms with Crippen LogP contribution in [0.2, 0.25) is 0 Å². The molecule has 3 rings (SSSR count). The molecule has 0 unspecified atom stereocenters. The molecule has 1 saturated heterocycles. The lowest BCUT2D eigenvalue weighted by atomic mass is 10.3. The normalized spacial score (nSPS) is 15.1. The van der Waals surface area contributed by atoms with Crippen LogP contribution in [0.5, 0.6) is 0 Å². The lowest BCUT2D eigenvalue weighted by Crippen LogP contribution is -2.25. The van der Waals surface area contributed by atoms with Gasteiger partial charge in [-0.2, -0.15) is 5.10 Å². The van der Waals surface area contributed by atoms with Gasteiger partial charge in [0.1, 0.15) is 17.4 Å². The van der Waals surface area contributed by atoms with E-state index in [4.69, 9.17) is 4.42 Å². The Hall–Kier alpha value is -2.15. The summed E-state index contributed by atoms with van der Waals surface area (Å²) in [5.41, 5.74) is 0. The molecule has 0 saturated carbocycles. The summed E-state index contributed by atoms with van der Waals surface area (Å²) in [4.78, 5) is 18.7. The Bertz CT molecular complexity index is 685. The summed E-state index contributed by atoms with van der Waals surface area (Å²) in [7, 11) is 0. The molecule has 1 N–H and O–H groups in total. The highest BCUT2D eigenvalue weighted by atomic mass is 16.4. The van der Waals surface area contributed by atoms with Gasteiger partial charge in [-0.05, 0) is 58.3 Å². The van der Waals surface area contributed by atoms with Crippen molar-refractivity contribution in [2.24, 2.45) is 0 Å². The molecule has 0 aromatic carbocycles. The number of likely N-dealkylation sites (tertiary alicyclic amines) is 1. The van der Waals surface area contributed by atoms with Gasteiger partial charge >= 0.3 is 0 Å². The third kappa shape index (κ3) is 4.23. The molecular formula is C17H25N5O2. The summed E-state index contributed by atoms with van der Waals surface area (Å²) >= 11 is 0. The summed E-state index contributed by atoms with van der Waals surface area (Å²) < 4.78 is 7.53. The second kappa shape index (κ2) is 7.61. The second-order valence-corrected chi connectivity index (χ2v) is 6.29. The lowest BCUT2D eigenvalue weighted by Gasteiger charge is -2.11.